The third-order valence-electron chi connectivity index (χ3n) is 5.58. The van der Waals surface area contributed by atoms with Crippen LogP contribution in [0.1, 0.15) is 83.0 Å². The monoisotopic (exact) mass is 507 g/mol. The van der Waals surface area contributed by atoms with E-state index in [0.717, 1.165) is 36.0 Å². The second kappa shape index (κ2) is 15.0. The minimum absolute atomic E-state index is 0.204. The van der Waals surface area contributed by atoms with Crippen molar-refractivity contribution >= 4 is 29.7 Å². The van der Waals surface area contributed by atoms with E-state index in [1.54, 1.807) is 37.4 Å². The molecule has 0 radical (unpaired) electrons. The van der Waals surface area contributed by atoms with Crippen LogP contribution < -0.4 is 10.6 Å². The molecule has 0 aliphatic heterocycles. The Morgan fingerprint density at radius 1 is 1.11 bits per heavy atom. The number of benzene rings is 1. The zero-order valence-electron chi connectivity index (χ0n) is 22.8. The van der Waals surface area contributed by atoms with Crippen LogP contribution in [-0.2, 0) is 14.3 Å². The predicted molar refractivity (Wildman–Crippen MR) is 145 cm³/mol. The number of carbonyl (C=O) groups is 3. The van der Waals surface area contributed by atoms with Gasteiger partial charge in [0.2, 0.25) is 11.8 Å². The molecule has 0 aliphatic carbocycles. The lowest BCUT2D eigenvalue weighted by Crippen LogP contribution is -2.53. The van der Waals surface area contributed by atoms with Crippen LogP contribution in [0.3, 0.4) is 0 Å². The van der Waals surface area contributed by atoms with Gasteiger partial charge >= 0.3 is 6.09 Å². The molecule has 0 saturated carbocycles. The number of hydrogen-bond donors (Lipinski definition) is 2. The number of aryl methyl sites for hydroxylation is 2. The quantitative estimate of drug-likeness (QED) is 0.361. The summed E-state index contributed by atoms with van der Waals surface area (Å²) in [5.74, 6) is 0.187. The predicted octanol–water partition coefficient (Wildman–Crippen LogP) is 5.15. The molecule has 1 aromatic carbocycles. The molecule has 1 rings (SSSR count). The molecule has 2 N–H and O–H groups in total. The van der Waals surface area contributed by atoms with E-state index in [1.807, 2.05) is 45.2 Å². The summed E-state index contributed by atoms with van der Waals surface area (Å²) < 4.78 is 5.41. The van der Waals surface area contributed by atoms with Crippen LogP contribution in [0.5, 0.6) is 0 Å². The van der Waals surface area contributed by atoms with Gasteiger partial charge in [0.05, 0.1) is 0 Å². The third-order valence-corrected chi connectivity index (χ3v) is 6.23. The molecule has 0 heterocycles. The average Bonchev–Trinajstić information content (AvgIpc) is 2.76. The first-order valence-corrected chi connectivity index (χ1v) is 14.0. The second-order valence-corrected chi connectivity index (χ2v) is 10.9. The Labute approximate surface area is 216 Å². The highest BCUT2D eigenvalue weighted by Gasteiger charge is 2.35. The lowest BCUT2D eigenvalue weighted by Gasteiger charge is -2.34. The molecule has 0 bridgehead atoms. The van der Waals surface area contributed by atoms with Crippen LogP contribution in [0.25, 0.3) is 0 Å². The molecule has 198 valence electrons. The van der Waals surface area contributed by atoms with Gasteiger partial charge in [-0.25, -0.2) is 4.79 Å². The van der Waals surface area contributed by atoms with Crippen molar-refractivity contribution in [3.05, 3.63) is 34.9 Å². The number of unbranched alkanes of at least 4 members (excludes halogenated alkanes) is 2. The number of rotatable bonds is 13. The Morgan fingerprint density at radius 3 is 2.34 bits per heavy atom. The summed E-state index contributed by atoms with van der Waals surface area (Å²) in [6, 6.07) is 4.33. The van der Waals surface area contributed by atoms with E-state index < -0.39 is 23.8 Å². The minimum Gasteiger partial charge on any atom is -0.444 e. The van der Waals surface area contributed by atoms with Crippen molar-refractivity contribution in [3.8, 4) is 0 Å². The number of likely N-dealkylation sites (N-methyl/N-ethyl adjacent to an activating group) is 1. The second-order valence-electron chi connectivity index (χ2n) is 9.87. The number of carbonyl (C=O) groups excluding carboxylic acids is 3. The molecule has 2 unspecified atom stereocenters. The van der Waals surface area contributed by atoms with Gasteiger partial charge in [-0.15, -0.1) is 0 Å². The molecule has 0 spiro atoms. The first-order valence-electron chi connectivity index (χ1n) is 12.6. The van der Waals surface area contributed by atoms with Gasteiger partial charge in [-0.2, -0.15) is 11.8 Å². The van der Waals surface area contributed by atoms with Crippen molar-refractivity contribution in [2.75, 3.05) is 25.1 Å². The van der Waals surface area contributed by atoms with Crippen LogP contribution in [0.2, 0.25) is 0 Å². The van der Waals surface area contributed by atoms with Gasteiger partial charge in [0, 0.05) is 13.1 Å². The lowest BCUT2D eigenvalue weighted by molar-refractivity contribution is -0.142. The van der Waals surface area contributed by atoms with Crippen LogP contribution in [0.15, 0.2) is 18.2 Å². The SMILES string of the molecule is CCCCCNC(=O)C(c1ccc(C)cc1C)N(CC)C(=O)C(CCSC)NC(=O)OC(C)(C)C. The molecule has 0 fully saturated rings. The van der Waals surface area contributed by atoms with Crippen LogP contribution >= 0.6 is 11.8 Å². The molecule has 8 heteroatoms. The minimum atomic E-state index is -0.793. The molecule has 2 atom stereocenters. The number of alkyl carbamates (subject to hydrolysis) is 1. The normalized spacial score (nSPS) is 13.0. The summed E-state index contributed by atoms with van der Waals surface area (Å²) in [5, 5.41) is 5.79. The summed E-state index contributed by atoms with van der Waals surface area (Å²) in [4.78, 5) is 41.4. The Bertz CT molecular complexity index is 838. The fraction of sp³-hybridized carbons (Fsp3) is 0.667. The highest BCUT2D eigenvalue weighted by molar-refractivity contribution is 7.98. The molecule has 7 nitrogen and oxygen atoms in total. The molecule has 3 amide bonds. The van der Waals surface area contributed by atoms with Gasteiger partial charge in [-0.05, 0) is 77.5 Å². The van der Waals surface area contributed by atoms with Crippen LogP contribution in [0.4, 0.5) is 4.79 Å². The fourth-order valence-corrected chi connectivity index (χ4v) is 4.35. The summed E-state index contributed by atoms with van der Waals surface area (Å²) in [7, 11) is 0. The van der Waals surface area contributed by atoms with E-state index in [-0.39, 0.29) is 11.8 Å². The Hall–Kier alpha value is -2.22. The van der Waals surface area contributed by atoms with Crippen LogP contribution in [-0.4, -0.2) is 59.5 Å². The number of amides is 3. The molecule has 1 aromatic rings. The first-order chi connectivity index (χ1) is 16.4. The van der Waals surface area contributed by atoms with E-state index >= 15 is 0 Å². The smallest absolute Gasteiger partial charge is 0.408 e. The molecular weight excluding hydrogens is 462 g/mol. The van der Waals surface area contributed by atoms with Gasteiger partial charge < -0.3 is 20.3 Å². The largest absolute Gasteiger partial charge is 0.444 e. The van der Waals surface area contributed by atoms with Crippen molar-refractivity contribution in [3.63, 3.8) is 0 Å². The van der Waals surface area contributed by atoms with Crippen molar-refractivity contribution in [2.45, 2.75) is 91.8 Å². The van der Waals surface area contributed by atoms with E-state index in [9.17, 15) is 14.4 Å². The van der Waals surface area contributed by atoms with Gasteiger partial charge in [-0.3, -0.25) is 9.59 Å². The number of ether oxygens (including phenoxy) is 1. The van der Waals surface area contributed by atoms with Crippen molar-refractivity contribution in [1.29, 1.82) is 0 Å². The Kier molecular flexibility index (Phi) is 13.2. The molecule has 0 saturated heterocycles. The molecular formula is C27H45N3O4S. The summed E-state index contributed by atoms with van der Waals surface area (Å²) in [6.07, 6.45) is 4.73. The van der Waals surface area contributed by atoms with Crippen molar-refractivity contribution in [1.82, 2.24) is 15.5 Å². The maximum absolute atomic E-state index is 13.8. The van der Waals surface area contributed by atoms with E-state index in [0.29, 0.717) is 25.3 Å². The van der Waals surface area contributed by atoms with Gasteiger partial charge in [-0.1, -0.05) is 43.5 Å². The van der Waals surface area contributed by atoms with E-state index in [2.05, 4.69) is 17.6 Å². The first kappa shape index (κ1) is 30.8. The van der Waals surface area contributed by atoms with Crippen LogP contribution in [0, 0.1) is 13.8 Å². The molecule has 0 aromatic heterocycles. The highest BCUT2D eigenvalue weighted by atomic mass is 32.2. The Morgan fingerprint density at radius 2 is 1.80 bits per heavy atom. The van der Waals surface area contributed by atoms with Gasteiger partial charge in [0.25, 0.3) is 0 Å². The van der Waals surface area contributed by atoms with Crippen molar-refractivity contribution < 1.29 is 19.1 Å². The van der Waals surface area contributed by atoms with Crippen molar-refractivity contribution in [2.24, 2.45) is 0 Å². The number of nitrogens with zero attached hydrogens (tertiary/aromatic N) is 1. The summed E-state index contributed by atoms with van der Waals surface area (Å²) >= 11 is 1.60. The third kappa shape index (κ3) is 10.5. The fourth-order valence-electron chi connectivity index (χ4n) is 3.88. The maximum Gasteiger partial charge on any atom is 0.408 e. The van der Waals surface area contributed by atoms with Gasteiger partial charge in [0.15, 0.2) is 0 Å². The number of hydrogen-bond acceptors (Lipinski definition) is 5. The summed E-state index contributed by atoms with van der Waals surface area (Å²) in [6.45, 7) is 14.2. The zero-order valence-corrected chi connectivity index (χ0v) is 23.6. The number of thioether (sulfide) groups is 1. The zero-order chi connectivity index (χ0) is 26.6. The topological polar surface area (TPSA) is 87.7 Å². The van der Waals surface area contributed by atoms with Gasteiger partial charge in [0.1, 0.15) is 17.7 Å². The molecule has 35 heavy (non-hydrogen) atoms. The maximum atomic E-state index is 13.8. The highest BCUT2D eigenvalue weighted by Crippen LogP contribution is 2.27. The number of nitrogens with one attached hydrogen (secondary N) is 2. The average molecular weight is 508 g/mol. The van der Waals surface area contributed by atoms with E-state index in [1.165, 1.54) is 0 Å². The molecule has 0 aliphatic rings. The standard InChI is InChI=1S/C27H45N3O4S/c1-9-11-12-16-28-24(31)23(21-14-13-19(3)18-20(21)4)30(10-2)25(32)22(15-17-35-8)29-26(33)34-27(5,6)7/h13-14,18,22-23H,9-12,15-17H2,1-8H3,(H,28,31)(H,29,33). The Balaban J connectivity index is 3.31. The van der Waals surface area contributed by atoms with E-state index in [4.69, 9.17) is 4.74 Å². The lowest BCUT2D eigenvalue weighted by atomic mass is 9.96. The summed E-state index contributed by atoms with van der Waals surface area (Å²) in [5.41, 5.74) is 2.15.